The second kappa shape index (κ2) is 19.2. The Bertz CT molecular complexity index is 2520. The van der Waals surface area contributed by atoms with E-state index in [0.29, 0.717) is 74.5 Å². The van der Waals surface area contributed by atoms with E-state index in [2.05, 4.69) is 25.8 Å². The quantitative estimate of drug-likeness (QED) is 0.0775. The first-order chi connectivity index (χ1) is 28.9. The first-order valence-corrected chi connectivity index (χ1v) is 24.6. The summed E-state index contributed by atoms with van der Waals surface area (Å²) in [5.41, 5.74) is 20.7. The fourth-order valence-corrected chi connectivity index (χ4v) is 11.9. The standard InChI is InChI=1S/C42H59FN10O5S2/c1-3-4-17-35-49-37-39(31-13-5-7-15-33(31)47-41(37)44)52(35)26-12-11-24-51(60(56,57)30-20-18-29(43)19-21-30)28-59(54,55)46-23-9-10-25-53-36(22-27-58-2)50-38-40(53)32-14-6-8-16-34(32)48-42(38)45/h18-21,46H,3-17,22-28H2,1-2H3,(H2,44,47)(H2,45,48). The van der Waals surface area contributed by atoms with Gasteiger partial charge in [0.15, 0.2) is 11.6 Å². The molecule has 0 fully saturated rings. The van der Waals surface area contributed by atoms with Crippen LogP contribution in [0, 0.1) is 5.82 Å². The summed E-state index contributed by atoms with van der Waals surface area (Å²) in [5.74, 6) is 1.26. The molecule has 0 amide bonds. The summed E-state index contributed by atoms with van der Waals surface area (Å²) < 4.78 is 82.5. The summed E-state index contributed by atoms with van der Waals surface area (Å²) in [6, 6.07) is 4.45. The normalized spacial score (nSPS) is 14.7. The van der Waals surface area contributed by atoms with Crippen molar-refractivity contribution < 1.29 is 26.0 Å². The number of hydrogen-bond donors (Lipinski definition) is 3. The molecule has 4 aromatic heterocycles. The summed E-state index contributed by atoms with van der Waals surface area (Å²) in [4.78, 5) is 19.0. The molecule has 15 nitrogen and oxygen atoms in total. The number of unbranched alkanes of at least 4 members (excludes halogenated alkanes) is 3. The lowest BCUT2D eigenvalue weighted by molar-refractivity contribution is 0.199. The number of imidazole rings is 2. The molecule has 60 heavy (non-hydrogen) atoms. The molecule has 0 unspecified atom stereocenters. The molecule has 2 aliphatic rings. The van der Waals surface area contributed by atoms with Crippen LogP contribution >= 0.6 is 0 Å². The zero-order valence-electron chi connectivity index (χ0n) is 34.9. The lowest BCUT2D eigenvalue weighted by atomic mass is 9.95. The van der Waals surface area contributed by atoms with Crippen molar-refractivity contribution in [3.8, 4) is 0 Å². The third-order valence-corrected chi connectivity index (χ3v) is 15.1. The highest BCUT2D eigenvalue weighted by atomic mass is 32.2. The number of halogens is 1. The topological polar surface area (TPSA) is 206 Å². The van der Waals surface area contributed by atoms with Gasteiger partial charge in [0.2, 0.25) is 20.0 Å². The molecule has 18 heteroatoms. The van der Waals surface area contributed by atoms with Crippen LogP contribution in [0.4, 0.5) is 16.0 Å². The van der Waals surface area contributed by atoms with E-state index in [4.69, 9.17) is 31.2 Å². The van der Waals surface area contributed by atoms with Crippen molar-refractivity contribution in [1.82, 2.24) is 38.1 Å². The average Bonchev–Trinajstić information content (AvgIpc) is 3.79. The van der Waals surface area contributed by atoms with Gasteiger partial charge in [-0.15, -0.1) is 0 Å². The molecular formula is C42H59FN10O5S2. The Morgan fingerprint density at radius 3 is 1.87 bits per heavy atom. The Morgan fingerprint density at radius 2 is 1.30 bits per heavy atom. The largest absolute Gasteiger partial charge is 0.384 e. The Labute approximate surface area is 352 Å². The SMILES string of the molecule is CCCCc1nc2c(N)nc3c(c2n1CCCCN(CS(=O)(=O)NCCCCn1c(CCOC)nc2c(N)nc4c(c21)CCCC4)S(=O)(=O)c1ccc(F)cc1)CCCC3. The first kappa shape index (κ1) is 43.8. The van der Waals surface area contributed by atoms with Crippen LogP contribution in [0.1, 0.15) is 105 Å². The van der Waals surface area contributed by atoms with Gasteiger partial charge in [-0.3, -0.25) is 0 Å². The maximum Gasteiger partial charge on any atom is 0.244 e. The van der Waals surface area contributed by atoms with Crippen molar-refractivity contribution in [2.75, 3.05) is 44.2 Å². The van der Waals surface area contributed by atoms with E-state index in [1.165, 1.54) is 23.3 Å². The molecule has 0 saturated carbocycles. The zero-order chi connectivity index (χ0) is 42.4. The molecule has 7 rings (SSSR count). The molecule has 4 heterocycles. The van der Waals surface area contributed by atoms with E-state index < -0.39 is 31.7 Å². The molecule has 0 aliphatic heterocycles. The number of pyridine rings is 2. The number of benzene rings is 1. The fraction of sp³-hybridized carbons (Fsp3) is 0.571. The molecule has 2 aliphatic carbocycles. The predicted octanol–water partition coefficient (Wildman–Crippen LogP) is 5.60. The minimum Gasteiger partial charge on any atom is -0.384 e. The number of aromatic nitrogens is 6. The van der Waals surface area contributed by atoms with Crippen LogP contribution in [0.15, 0.2) is 29.2 Å². The third-order valence-electron chi connectivity index (χ3n) is 11.8. The number of ether oxygens (including phenoxy) is 1. The summed E-state index contributed by atoms with van der Waals surface area (Å²) in [5, 5.41) is 0. The summed E-state index contributed by atoms with van der Waals surface area (Å²) in [7, 11) is -6.75. The highest BCUT2D eigenvalue weighted by Crippen LogP contribution is 2.34. The molecule has 1 aromatic carbocycles. The number of nitrogens with zero attached hydrogens (tertiary/aromatic N) is 7. The molecule has 0 atom stereocenters. The number of aryl methyl sites for hydroxylation is 7. The minimum atomic E-state index is -4.30. The van der Waals surface area contributed by atoms with E-state index in [0.717, 1.165) is 121 Å². The number of hydrogen-bond acceptors (Lipinski definition) is 11. The van der Waals surface area contributed by atoms with Crippen molar-refractivity contribution in [2.24, 2.45) is 0 Å². The summed E-state index contributed by atoms with van der Waals surface area (Å²) in [6.07, 6.45) is 13.2. The van der Waals surface area contributed by atoms with Crippen LogP contribution in [0.2, 0.25) is 0 Å². The number of fused-ring (bicyclic) bond motifs is 6. The monoisotopic (exact) mass is 866 g/mol. The molecule has 326 valence electrons. The Morgan fingerprint density at radius 1 is 0.750 bits per heavy atom. The van der Waals surface area contributed by atoms with Crippen molar-refractivity contribution in [2.45, 2.75) is 128 Å². The van der Waals surface area contributed by atoms with Gasteiger partial charge in [0, 0.05) is 57.5 Å². The zero-order valence-corrected chi connectivity index (χ0v) is 36.5. The molecule has 0 saturated heterocycles. The first-order valence-electron chi connectivity index (χ1n) is 21.5. The van der Waals surface area contributed by atoms with E-state index in [9.17, 15) is 21.2 Å². The van der Waals surface area contributed by atoms with E-state index >= 15 is 0 Å². The Balaban J connectivity index is 1.04. The van der Waals surface area contributed by atoms with Gasteiger partial charge >= 0.3 is 0 Å². The highest BCUT2D eigenvalue weighted by molar-refractivity contribution is 7.92. The van der Waals surface area contributed by atoms with Gasteiger partial charge in [0.05, 0.1) is 22.5 Å². The lowest BCUT2D eigenvalue weighted by Crippen LogP contribution is -2.41. The van der Waals surface area contributed by atoms with Crippen molar-refractivity contribution >= 4 is 53.7 Å². The van der Waals surface area contributed by atoms with Gasteiger partial charge in [0.25, 0.3) is 0 Å². The van der Waals surface area contributed by atoms with Crippen molar-refractivity contribution in [3.05, 3.63) is 64.2 Å². The van der Waals surface area contributed by atoms with Crippen LogP contribution in [-0.2, 0) is 76.4 Å². The van der Waals surface area contributed by atoms with Crippen LogP contribution in [0.25, 0.3) is 22.1 Å². The maximum absolute atomic E-state index is 14.0. The number of nitrogens with two attached hydrogens (primary N) is 2. The lowest BCUT2D eigenvalue weighted by Gasteiger charge is -2.23. The number of rotatable bonds is 21. The fourth-order valence-electron chi connectivity index (χ4n) is 8.72. The number of anilines is 2. The Hall–Kier alpha value is -4.23. The molecule has 0 bridgehead atoms. The summed E-state index contributed by atoms with van der Waals surface area (Å²) in [6.45, 7) is 3.84. The molecule has 0 spiro atoms. The third kappa shape index (κ3) is 9.62. The van der Waals surface area contributed by atoms with Gasteiger partial charge in [-0.25, -0.2) is 45.9 Å². The number of nitrogens with one attached hydrogen (secondary N) is 1. The van der Waals surface area contributed by atoms with Gasteiger partial charge in [0.1, 0.15) is 34.4 Å². The van der Waals surface area contributed by atoms with Gasteiger partial charge < -0.3 is 25.3 Å². The highest BCUT2D eigenvalue weighted by Gasteiger charge is 2.30. The van der Waals surface area contributed by atoms with E-state index in [1.807, 2.05) is 0 Å². The van der Waals surface area contributed by atoms with Crippen LogP contribution in [0.3, 0.4) is 0 Å². The van der Waals surface area contributed by atoms with Crippen LogP contribution in [-0.4, -0.2) is 82.9 Å². The van der Waals surface area contributed by atoms with E-state index in [-0.39, 0.29) is 18.0 Å². The molecule has 5 N–H and O–H groups in total. The maximum atomic E-state index is 14.0. The molecular weight excluding hydrogens is 808 g/mol. The number of nitrogen functional groups attached to an aromatic ring is 2. The average molecular weight is 867 g/mol. The number of methoxy groups -OCH3 is 1. The van der Waals surface area contributed by atoms with Gasteiger partial charge in [-0.2, -0.15) is 4.31 Å². The second-order valence-corrected chi connectivity index (χ2v) is 19.8. The number of sulfonamides is 2. The van der Waals surface area contributed by atoms with Crippen molar-refractivity contribution in [3.63, 3.8) is 0 Å². The van der Waals surface area contributed by atoms with E-state index in [1.54, 1.807) is 7.11 Å². The summed E-state index contributed by atoms with van der Waals surface area (Å²) >= 11 is 0. The Kier molecular flexibility index (Phi) is 14.0. The van der Waals surface area contributed by atoms with Crippen molar-refractivity contribution in [1.29, 1.82) is 0 Å². The van der Waals surface area contributed by atoms with Crippen LogP contribution < -0.4 is 16.2 Å². The van der Waals surface area contributed by atoms with Crippen LogP contribution in [0.5, 0.6) is 0 Å². The smallest absolute Gasteiger partial charge is 0.244 e. The molecule has 5 aromatic rings. The van der Waals surface area contributed by atoms with Gasteiger partial charge in [-0.05, 0) is 119 Å². The predicted molar refractivity (Wildman–Crippen MR) is 232 cm³/mol. The molecule has 0 radical (unpaired) electrons. The minimum absolute atomic E-state index is 0.0559. The van der Waals surface area contributed by atoms with Gasteiger partial charge in [-0.1, -0.05) is 13.3 Å². The second-order valence-electron chi connectivity index (χ2n) is 16.0.